The molecule has 7 nitrogen and oxygen atoms in total. The van der Waals surface area contributed by atoms with Gasteiger partial charge in [-0.2, -0.15) is 4.31 Å². The SMILES string of the molecule is CCN1C(=O)[C@@H]2CN(CCOC)C[C@@H]2C12CCN(S(=O)(=O)c1cccc(F)c1)CC2. The Hall–Kier alpha value is -1.55. The Balaban J connectivity index is 1.53. The van der Waals surface area contributed by atoms with Crippen LogP contribution in [0.4, 0.5) is 4.39 Å². The zero-order valence-corrected chi connectivity index (χ0v) is 18.4. The smallest absolute Gasteiger partial charge is 0.243 e. The van der Waals surface area contributed by atoms with Gasteiger partial charge in [0.15, 0.2) is 0 Å². The average Bonchev–Trinajstić information content (AvgIpc) is 3.25. The number of hydrogen-bond donors (Lipinski definition) is 0. The number of hydrogen-bond acceptors (Lipinski definition) is 5. The number of nitrogens with zero attached hydrogens (tertiary/aromatic N) is 3. The van der Waals surface area contributed by atoms with E-state index in [2.05, 4.69) is 4.90 Å². The minimum atomic E-state index is -3.75. The molecule has 0 bridgehead atoms. The summed E-state index contributed by atoms with van der Waals surface area (Å²) in [7, 11) is -2.07. The predicted molar refractivity (Wildman–Crippen MR) is 110 cm³/mol. The number of benzene rings is 1. The van der Waals surface area contributed by atoms with Gasteiger partial charge in [0.05, 0.1) is 23.0 Å². The Kier molecular flexibility index (Phi) is 5.91. The van der Waals surface area contributed by atoms with Crippen molar-refractivity contribution in [2.45, 2.75) is 30.2 Å². The topological polar surface area (TPSA) is 70.2 Å². The number of halogens is 1. The van der Waals surface area contributed by atoms with Gasteiger partial charge in [0.1, 0.15) is 5.82 Å². The summed E-state index contributed by atoms with van der Waals surface area (Å²) in [5.74, 6) is -0.175. The summed E-state index contributed by atoms with van der Waals surface area (Å²) < 4.78 is 46.2. The third-order valence-electron chi connectivity index (χ3n) is 7.16. The summed E-state index contributed by atoms with van der Waals surface area (Å²) in [4.78, 5) is 17.4. The van der Waals surface area contributed by atoms with Crippen molar-refractivity contribution < 1.29 is 22.3 Å². The Morgan fingerprint density at radius 2 is 1.97 bits per heavy atom. The van der Waals surface area contributed by atoms with Crippen LogP contribution in [0, 0.1) is 17.7 Å². The second-order valence-corrected chi connectivity index (χ2v) is 10.5. The first-order valence-electron chi connectivity index (χ1n) is 10.6. The molecule has 30 heavy (non-hydrogen) atoms. The van der Waals surface area contributed by atoms with E-state index >= 15 is 0 Å². The maximum atomic E-state index is 13.6. The van der Waals surface area contributed by atoms with Crippen LogP contribution in [0.2, 0.25) is 0 Å². The van der Waals surface area contributed by atoms with E-state index in [1.165, 1.54) is 22.5 Å². The molecule has 0 radical (unpaired) electrons. The number of methoxy groups -OCH3 is 1. The standard InChI is InChI=1S/C21H30FN3O4S/c1-3-25-20(26)18-14-23(11-12-29-2)15-19(18)21(25)7-9-24(10-8-21)30(27,28)17-6-4-5-16(22)13-17/h4-6,13,18-19H,3,7-12,14-15H2,1-2H3/t18-,19+/m1/s1. The van der Waals surface area contributed by atoms with Crippen LogP contribution < -0.4 is 0 Å². The Morgan fingerprint density at radius 1 is 1.23 bits per heavy atom. The third kappa shape index (κ3) is 3.45. The van der Waals surface area contributed by atoms with Crippen LogP contribution in [0.3, 0.4) is 0 Å². The summed E-state index contributed by atoms with van der Waals surface area (Å²) in [5.41, 5.74) is -0.299. The number of carbonyl (C=O) groups is 1. The molecule has 1 spiro atoms. The lowest BCUT2D eigenvalue weighted by molar-refractivity contribution is -0.135. The van der Waals surface area contributed by atoms with Crippen molar-refractivity contribution in [1.29, 1.82) is 0 Å². The summed E-state index contributed by atoms with van der Waals surface area (Å²) in [5, 5.41) is 0. The van der Waals surface area contributed by atoms with E-state index in [1.807, 2.05) is 11.8 Å². The van der Waals surface area contributed by atoms with Crippen LogP contribution in [0.15, 0.2) is 29.2 Å². The predicted octanol–water partition coefficient (Wildman–Crippen LogP) is 1.41. The van der Waals surface area contributed by atoms with Crippen molar-refractivity contribution in [1.82, 2.24) is 14.1 Å². The van der Waals surface area contributed by atoms with E-state index in [-0.39, 0.29) is 28.2 Å². The quantitative estimate of drug-likeness (QED) is 0.670. The zero-order valence-electron chi connectivity index (χ0n) is 17.6. The average molecular weight is 440 g/mol. The number of piperidine rings is 1. The number of fused-ring (bicyclic) bond motifs is 2. The number of ether oxygens (including phenoxy) is 1. The molecule has 3 aliphatic heterocycles. The molecular weight excluding hydrogens is 409 g/mol. The summed E-state index contributed by atoms with van der Waals surface area (Å²) >= 11 is 0. The van der Waals surface area contributed by atoms with E-state index in [0.29, 0.717) is 39.1 Å². The lowest BCUT2D eigenvalue weighted by Gasteiger charge is -2.47. The van der Waals surface area contributed by atoms with E-state index in [9.17, 15) is 17.6 Å². The molecule has 0 aliphatic carbocycles. The molecule has 166 valence electrons. The van der Waals surface area contributed by atoms with Crippen molar-refractivity contribution in [3.63, 3.8) is 0 Å². The minimum absolute atomic E-state index is 0.0159. The van der Waals surface area contributed by atoms with Gasteiger partial charge in [-0.15, -0.1) is 0 Å². The lowest BCUT2D eigenvalue weighted by Crippen LogP contribution is -2.57. The fourth-order valence-electron chi connectivity index (χ4n) is 5.70. The lowest BCUT2D eigenvalue weighted by atomic mass is 9.75. The van der Waals surface area contributed by atoms with Crippen LogP contribution >= 0.6 is 0 Å². The van der Waals surface area contributed by atoms with Crippen LogP contribution in [0.25, 0.3) is 0 Å². The fraction of sp³-hybridized carbons (Fsp3) is 0.667. The van der Waals surface area contributed by atoms with Crippen molar-refractivity contribution in [3.8, 4) is 0 Å². The monoisotopic (exact) mass is 439 g/mol. The first-order chi connectivity index (χ1) is 14.3. The van der Waals surface area contributed by atoms with Gasteiger partial charge in [0, 0.05) is 52.3 Å². The molecule has 1 aromatic carbocycles. The molecule has 3 fully saturated rings. The minimum Gasteiger partial charge on any atom is -0.383 e. The van der Waals surface area contributed by atoms with E-state index in [0.717, 1.165) is 25.7 Å². The molecule has 0 N–H and O–H groups in total. The highest BCUT2D eigenvalue weighted by molar-refractivity contribution is 7.89. The number of sulfonamides is 1. The number of rotatable bonds is 6. The van der Waals surface area contributed by atoms with Crippen LogP contribution in [0.1, 0.15) is 19.8 Å². The number of likely N-dealkylation sites (tertiary alicyclic amines) is 2. The summed E-state index contributed by atoms with van der Waals surface area (Å²) in [6, 6.07) is 5.15. The molecule has 3 aliphatic rings. The van der Waals surface area contributed by atoms with Gasteiger partial charge in [-0.1, -0.05) is 6.07 Å². The molecule has 4 rings (SSSR count). The van der Waals surface area contributed by atoms with Crippen LogP contribution in [-0.4, -0.2) is 87.0 Å². The van der Waals surface area contributed by atoms with Gasteiger partial charge in [-0.3, -0.25) is 9.69 Å². The molecule has 0 saturated carbocycles. The third-order valence-corrected chi connectivity index (χ3v) is 9.05. The molecule has 2 atom stereocenters. The van der Waals surface area contributed by atoms with E-state index in [4.69, 9.17) is 4.74 Å². The van der Waals surface area contributed by atoms with Gasteiger partial charge >= 0.3 is 0 Å². The molecule has 1 amide bonds. The van der Waals surface area contributed by atoms with Gasteiger partial charge in [0.2, 0.25) is 15.9 Å². The number of carbonyl (C=O) groups excluding carboxylic acids is 1. The summed E-state index contributed by atoms with van der Waals surface area (Å²) in [6.07, 6.45) is 1.22. The molecule has 9 heteroatoms. The van der Waals surface area contributed by atoms with Gasteiger partial charge in [0.25, 0.3) is 0 Å². The van der Waals surface area contributed by atoms with Gasteiger partial charge in [-0.25, -0.2) is 12.8 Å². The zero-order chi connectivity index (χ0) is 21.5. The van der Waals surface area contributed by atoms with Crippen LogP contribution in [0.5, 0.6) is 0 Å². The Labute approximate surface area is 177 Å². The summed E-state index contributed by atoms with van der Waals surface area (Å²) in [6.45, 7) is 6.34. The largest absolute Gasteiger partial charge is 0.383 e. The fourth-order valence-corrected chi connectivity index (χ4v) is 7.18. The Morgan fingerprint density at radius 3 is 2.60 bits per heavy atom. The highest BCUT2D eigenvalue weighted by atomic mass is 32.2. The Bertz CT molecular complexity index is 901. The molecule has 0 unspecified atom stereocenters. The normalized spacial score (nSPS) is 27.2. The first kappa shape index (κ1) is 21.7. The molecular formula is C21H30FN3O4S. The van der Waals surface area contributed by atoms with E-state index < -0.39 is 15.8 Å². The van der Waals surface area contributed by atoms with Crippen molar-refractivity contribution >= 4 is 15.9 Å². The van der Waals surface area contributed by atoms with Crippen molar-refractivity contribution in [2.75, 3.05) is 53.0 Å². The first-order valence-corrected chi connectivity index (χ1v) is 12.1. The highest BCUT2D eigenvalue weighted by Gasteiger charge is 2.61. The molecule has 3 heterocycles. The maximum Gasteiger partial charge on any atom is 0.243 e. The highest BCUT2D eigenvalue weighted by Crippen LogP contribution is 2.49. The number of amides is 1. The van der Waals surface area contributed by atoms with Crippen molar-refractivity contribution in [3.05, 3.63) is 30.1 Å². The van der Waals surface area contributed by atoms with Gasteiger partial charge < -0.3 is 9.64 Å². The maximum absolute atomic E-state index is 13.6. The van der Waals surface area contributed by atoms with Crippen molar-refractivity contribution in [2.24, 2.45) is 11.8 Å². The molecule has 0 aromatic heterocycles. The molecule has 1 aromatic rings. The van der Waals surface area contributed by atoms with E-state index in [1.54, 1.807) is 7.11 Å². The second-order valence-electron chi connectivity index (χ2n) is 8.51. The van der Waals surface area contributed by atoms with Gasteiger partial charge in [-0.05, 0) is 38.0 Å². The van der Waals surface area contributed by atoms with Crippen LogP contribution in [-0.2, 0) is 19.6 Å². The molecule has 3 saturated heterocycles. The second kappa shape index (κ2) is 8.18.